The molecule has 12 heteroatoms. The number of ether oxygens (including phenoxy) is 1. The molecule has 1 aromatic carbocycles. The van der Waals surface area contributed by atoms with Gasteiger partial charge >= 0.3 is 6.61 Å². The van der Waals surface area contributed by atoms with Crippen LogP contribution in [0.15, 0.2) is 24.4 Å². The van der Waals surface area contributed by atoms with Crippen molar-refractivity contribution >= 4 is 23.3 Å². The Morgan fingerprint density at radius 3 is 2.80 bits per heavy atom. The average molecular weight is 486 g/mol. The summed E-state index contributed by atoms with van der Waals surface area (Å²) in [5, 5.41) is 16.5. The van der Waals surface area contributed by atoms with Crippen LogP contribution in [0.1, 0.15) is 46.0 Å². The third-order valence-corrected chi connectivity index (χ3v) is 6.38. The minimum atomic E-state index is -3.11. The fourth-order valence-electron chi connectivity index (χ4n) is 4.44. The smallest absolute Gasteiger partial charge is 0.387 e. The molecule has 10 nitrogen and oxygen atoms in total. The minimum Gasteiger partial charge on any atom is -0.434 e. The van der Waals surface area contributed by atoms with Crippen molar-refractivity contribution in [3.05, 3.63) is 41.1 Å². The van der Waals surface area contributed by atoms with Crippen LogP contribution in [-0.2, 0) is 6.54 Å². The Hall–Kier alpha value is -3.80. The number of nitrogen functional groups attached to an aromatic ring is 1. The highest BCUT2D eigenvalue weighted by Gasteiger charge is 2.34. The number of aliphatic hydroxyl groups excluding tert-OH is 1. The van der Waals surface area contributed by atoms with Gasteiger partial charge in [0.05, 0.1) is 23.9 Å². The number of aromatic nitrogens is 3. The first kappa shape index (κ1) is 23.0. The molecular weight excluding hydrogens is 462 g/mol. The number of aliphatic hydroxyl groups is 1. The third kappa shape index (κ3) is 4.14. The molecule has 2 amide bonds. The largest absolute Gasteiger partial charge is 0.434 e. The molecular formula is C23H24F2N6O4. The van der Waals surface area contributed by atoms with E-state index in [1.807, 2.05) is 0 Å². The highest BCUT2D eigenvalue weighted by molar-refractivity contribution is 6.05. The van der Waals surface area contributed by atoms with Gasteiger partial charge in [-0.3, -0.25) is 9.59 Å². The second-order valence-corrected chi connectivity index (χ2v) is 8.65. The zero-order valence-electron chi connectivity index (χ0n) is 18.9. The summed E-state index contributed by atoms with van der Waals surface area (Å²) in [5.41, 5.74) is 7.70. The second-order valence-electron chi connectivity index (χ2n) is 8.65. The molecule has 1 saturated carbocycles. The lowest BCUT2D eigenvalue weighted by molar-refractivity contribution is -0.0501. The Labute approximate surface area is 198 Å². The summed E-state index contributed by atoms with van der Waals surface area (Å²) >= 11 is 0. The molecule has 1 aliphatic heterocycles. The van der Waals surface area contributed by atoms with Gasteiger partial charge in [0.2, 0.25) is 0 Å². The van der Waals surface area contributed by atoms with Crippen LogP contribution in [0.2, 0.25) is 0 Å². The lowest BCUT2D eigenvalue weighted by Crippen LogP contribution is -2.39. The number of hydrogen-bond acceptors (Lipinski definition) is 7. The van der Waals surface area contributed by atoms with E-state index in [4.69, 9.17) is 5.73 Å². The van der Waals surface area contributed by atoms with Gasteiger partial charge in [-0.1, -0.05) is 0 Å². The van der Waals surface area contributed by atoms with Crippen molar-refractivity contribution in [2.45, 2.75) is 39.0 Å². The lowest BCUT2D eigenvalue weighted by Gasteiger charge is -2.15. The maximum absolute atomic E-state index is 13.1. The predicted octanol–water partition coefficient (Wildman–Crippen LogP) is 2.06. The minimum absolute atomic E-state index is 0.0282. The van der Waals surface area contributed by atoms with Crippen molar-refractivity contribution in [2.24, 2.45) is 5.92 Å². The van der Waals surface area contributed by atoms with Gasteiger partial charge in [-0.05, 0) is 49.4 Å². The fraction of sp³-hybridized carbons (Fsp3) is 0.391. The molecule has 2 aromatic heterocycles. The van der Waals surface area contributed by atoms with E-state index in [2.05, 4.69) is 20.1 Å². The van der Waals surface area contributed by atoms with Crippen LogP contribution in [-0.4, -0.2) is 62.2 Å². The van der Waals surface area contributed by atoms with E-state index in [9.17, 15) is 23.5 Å². The number of rotatable bonds is 8. The maximum Gasteiger partial charge on any atom is 0.387 e. The van der Waals surface area contributed by atoms with Crippen LogP contribution in [0.5, 0.6) is 5.75 Å². The zero-order chi connectivity index (χ0) is 24.9. The molecule has 0 saturated heterocycles. The third-order valence-electron chi connectivity index (χ3n) is 6.38. The quantitative estimate of drug-likeness (QED) is 0.444. The predicted molar refractivity (Wildman–Crippen MR) is 121 cm³/mol. The Morgan fingerprint density at radius 1 is 1.37 bits per heavy atom. The van der Waals surface area contributed by atoms with Crippen LogP contribution in [0.4, 0.5) is 14.6 Å². The first-order chi connectivity index (χ1) is 16.8. The maximum atomic E-state index is 13.1. The first-order valence-electron chi connectivity index (χ1n) is 11.3. The molecule has 4 N–H and O–H groups in total. The zero-order valence-corrected chi connectivity index (χ0v) is 18.9. The van der Waals surface area contributed by atoms with Crippen LogP contribution < -0.4 is 15.8 Å². The summed E-state index contributed by atoms with van der Waals surface area (Å²) in [6, 6.07) is 4.26. The molecule has 184 valence electrons. The Kier molecular flexibility index (Phi) is 5.75. The van der Waals surface area contributed by atoms with Crippen molar-refractivity contribution in [1.82, 2.24) is 24.8 Å². The van der Waals surface area contributed by atoms with E-state index in [-0.39, 0.29) is 59.4 Å². The molecule has 35 heavy (non-hydrogen) atoms. The van der Waals surface area contributed by atoms with E-state index in [0.717, 1.165) is 12.8 Å². The molecule has 1 aliphatic carbocycles. The number of amides is 2. The van der Waals surface area contributed by atoms with Crippen LogP contribution in [0, 0.1) is 5.92 Å². The van der Waals surface area contributed by atoms with Gasteiger partial charge in [0, 0.05) is 24.8 Å². The first-order valence-corrected chi connectivity index (χ1v) is 11.3. The van der Waals surface area contributed by atoms with Gasteiger partial charge in [-0.25, -0.2) is 9.50 Å². The Morgan fingerprint density at radius 2 is 2.14 bits per heavy atom. The van der Waals surface area contributed by atoms with Crippen molar-refractivity contribution in [3.63, 3.8) is 0 Å². The molecule has 1 fully saturated rings. The van der Waals surface area contributed by atoms with Gasteiger partial charge in [-0.2, -0.15) is 8.78 Å². The van der Waals surface area contributed by atoms with Crippen LogP contribution in [0.25, 0.3) is 16.9 Å². The van der Waals surface area contributed by atoms with E-state index in [0.29, 0.717) is 23.4 Å². The normalized spacial score (nSPS) is 16.1. The summed E-state index contributed by atoms with van der Waals surface area (Å²) in [4.78, 5) is 31.7. The number of anilines is 1. The van der Waals surface area contributed by atoms with Gasteiger partial charge in [0.1, 0.15) is 11.3 Å². The van der Waals surface area contributed by atoms with E-state index in [1.54, 1.807) is 25.3 Å². The highest BCUT2D eigenvalue weighted by atomic mass is 19.3. The van der Waals surface area contributed by atoms with Crippen molar-refractivity contribution < 1.29 is 28.2 Å². The van der Waals surface area contributed by atoms with Crippen LogP contribution >= 0.6 is 0 Å². The lowest BCUT2D eigenvalue weighted by atomic mass is 10.0. The summed E-state index contributed by atoms with van der Waals surface area (Å²) < 4.78 is 32.3. The van der Waals surface area contributed by atoms with Crippen LogP contribution in [0.3, 0.4) is 0 Å². The number of hydrogen-bond donors (Lipinski definition) is 3. The standard InChI is InChI=1S/C23H24F2N6O4/c1-2-30-9-13-7-12(8-16(35-23(24)25)17(13)22(30)34)14-5-6-31-20(27-14)18(19(26)29-31)21(33)28-15(10-32)11-3-4-11/h5-8,11,15,23,32H,2-4,9-10H2,1H3,(H2,26,29)(H,28,33). The molecule has 3 heterocycles. The molecule has 0 radical (unpaired) electrons. The summed E-state index contributed by atoms with van der Waals surface area (Å²) in [5.74, 6) is -0.908. The summed E-state index contributed by atoms with van der Waals surface area (Å²) in [6.07, 6.45) is 3.41. The number of benzene rings is 1. The number of nitrogens with one attached hydrogen (secondary N) is 1. The number of alkyl halides is 2. The number of nitrogens with zero attached hydrogens (tertiary/aromatic N) is 4. The van der Waals surface area contributed by atoms with Crippen molar-refractivity contribution in [1.29, 1.82) is 0 Å². The number of nitrogens with two attached hydrogens (primary N) is 1. The van der Waals surface area contributed by atoms with E-state index >= 15 is 0 Å². The molecule has 0 spiro atoms. The SMILES string of the molecule is CCN1Cc2cc(-c3ccn4nc(N)c(C(=O)NC(CO)C5CC5)c4n3)cc(OC(F)F)c2C1=O. The topological polar surface area (TPSA) is 135 Å². The molecule has 5 rings (SSSR count). The average Bonchev–Trinajstić information content (AvgIpc) is 3.53. The molecule has 0 bridgehead atoms. The molecule has 1 unspecified atom stereocenters. The monoisotopic (exact) mass is 486 g/mol. The number of fused-ring (bicyclic) bond motifs is 2. The van der Waals surface area contributed by atoms with Crippen molar-refractivity contribution in [2.75, 3.05) is 18.9 Å². The van der Waals surface area contributed by atoms with Gasteiger partial charge in [0.15, 0.2) is 11.5 Å². The van der Waals surface area contributed by atoms with Gasteiger partial charge in [0.25, 0.3) is 11.8 Å². The molecule has 1 atom stereocenters. The number of carbonyl (C=O) groups excluding carboxylic acids is 2. The molecule has 3 aromatic rings. The Bertz CT molecular complexity index is 1320. The fourth-order valence-corrected chi connectivity index (χ4v) is 4.44. The second kappa shape index (κ2) is 8.77. The van der Waals surface area contributed by atoms with E-state index < -0.39 is 12.5 Å². The highest BCUT2D eigenvalue weighted by Crippen LogP contribution is 2.37. The van der Waals surface area contributed by atoms with Gasteiger partial charge < -0.3 is 25.8 Å². The van der Waals surface area contributed by atoms with Gasteiger partial charge in [-0.15, -0.1) is 5.10 Å². The Balaban J connectivity index is 1.56. The summed E-state index contributed by atoms with van der Waals surface area (Å²) in [7, 11) is 0. The number of halogens is 2. The molecule has 2 aliphatic rings. The van der Waals surface area contributed by atoms with Crippen molar-refractivity contribution in [3.8, 4) is 17.0 Å². The summed E-state index contributed by atoms with van der Waals surface area (Å²) in [6.45, 7) is -0.815. The van der Waals surface area contributed by atoms with E-state index in [1.165, 1.54) is 15.5 Å². The number of carbonyl (C=O) groups is 2.